The number of nitro benzene ring substituents is 1. The Kier molecular flexibility index (Phi) is 6.70. The summed E-state index contributed by atoms with van der Waals surface area (Å²) >= 11 is 0. The number of rotatable bonds is 9. The molecular formula is C24H24N4O6S. The second-order valence-corrected chi connectivity index (χ2v) is 10.4. The molecule has 1 fully saturated rings. The van der Waals surface area contributed by atoms with Crippen molar-refractivity contribution in [3.05, 3.63) is 70.3 Å². The Bertz CT molecular complexity index is 1430. The van der Waals surface area contributed by atoms with E-state index in [1.54, 1.807) is 12.1 Å². The number of anilines is 2. The number of hydrogen-bond donors (Lipinski definition) is 3. The van der Waals surface area contributed by atoms with Gasteiger partial charge < -0.3 is 16.0 Å². The fraction of sp³-hybridized carbons (Fsp3) is 0.250. The first-order valence-corrected chi connectivity index (χ1v) is 12.9. The van der Waals surface area contributed by atoms with Gasteiger partial charge in [0.15, 0.2) is 9.84 Å². The van der Waals surface area contributed by atoms with E-state index in [0.29, 0.717) is 11.3 Å². The second-order valence-electron chi connectivity index (χ2n) is 8.40. The Morgan fingerprint density at radius 3 is 2.31 bits per heavy atom. The van der Waals surface area contributed by atoms with Crippen LogP contribution in [0.4, 0.5) is 17.1 Å². The van der Waals surface area contributed by atoms with Crippen LogP contribution < -0.4 is 16.0 Å². The Morgan fingerprint density at radius 1 is 1.00 bits per heavy atom. The quantitative estimate of drug-likeness (QED) is 0.234. The van der Waals surface area contributed by atoms with Crippen LogP contribution in [0.1, 0.15) is 23.2 Å². The van der Waals surface area contributed by atoms with E-state index in [2.05, 4.69) is 16.0 Å². The molecule has 0 spiro atoms. The van der Waals surface area contributed by atoms with E-state index in [0.717, 1.165) is 35.9 Å². The second kappa shape index (κ2) is 9.71. The Morgan fingerprint density at radius 2 is 1.69 bits per heavy atom. The van der Waals surface area contributed by atoms with Gasteiger partial charge >= 0.3 is 0 Å². The maximum Gasteiger partial charge on any atom is 0.293 e. The number of amides is 2. The highest BCUT2D eigenvalue weighted by molar-refractivity contribution is 7.90. The van der Waals surface area contributed by atoms with Crippen LogP contribution in [-0.4, -0.2) is 44.5 Å². The van der Waals surface area contributed by atoms with Crippen molar-refractivity contribution in [1.82, 2.24) is 5.32 Å². The lowest BCUT2D eigenvalue weighted by molar-refractivity contribution is -0.384. The molecule has 0 bridgehead atoms. The van der Waals surface area contributed by atoms with Crippen LogP contribution in [0.15, 0.2) is 59.5 Å². The van der Waals surface area contributed by atoms with Gasteiger partial charge in [0.25, 0.3) is 11.6 Å². The van der Waals surface area contributed by atoms with Crippen molar-refractivity contribution >= 4 is 49.5 Å². The first-order chi connectivity index (χ1) is 16.6. The molecule has 0 atom stereocenters. The summed E-state index contributed by atoms with van der Waals surface area (Å²) in [5, 5.41) is 21.6. The van der Waals surface area contributed by atoms with E-state index in [9.17, 15) is 28.1 Å². The minimum atomic E-state index is -3.59. The number of nitrogens with one attached hydrogen (secondary N) is 3. The zero-order valence-corrected chi connectivity index (χ0v) is 19.7. The van der Waals surface area contributed by atoms with Gasteiger partial charge in [-0.05, 0) is 47.9 Å². The fourth-order valence-corrected chi connectivity index (χ4v) is 4.26. The molecule has 4 rings (SSSR count). The predicted octanol–water partition coefficient (Wildman–Crippen LogP) is 3.34. The summed E-state index contributed by atoms with van der Waals surface area (Å²) in [6.07, 6.45) is 2.65. The molecule has 0 aromatic heterocycles. The average Bonchev–Trinajstić information content (AvgIpc) is 3.66. The molecule has 0 unspecified atom stereocenters. The molecule has 0 radical (unpaired) electrons. The maximum absolute atomic E-state index is 13.0. The van der Waals surface area contributed by atoms with Crippen LogP contribution in [0.2, 0.25) is 0 Å². The molecule has 0 aliphatic heterocycles. The van der Waals surface area contributed by atoms with Crippen molar-refractivity contribution in [2.75, 3.05) is 30.0 Å². The SMILES string of the molecule is CS(=O)(=O)c1ccc(NCCNC(=O)c2cc3ccccc3cc2NC(=O)C2CC2)c([N+](=O)[O-])c1. The third-order valence-electron chi connectivity index (χ3n) is 5.66. The third-order valence-corrected chi connectivity index (χ3v) is 6.77. The van der Waals surface area contributed by atoms with E-state index in [1.807, 2.05) is 24.3 Å². The smallest absolute Gasteiger partial charge is 0.293 e. The normalized spacial score (nSPS) is 13.3. The van der Waals surface area contributed by atoms with E-state index in [-0.39, 0.29) is 41.2 Å². The number of nitro groups is 1. The summed E-state index contributed by atoms with van der Waals surface area (Å²) in [6.45, 7) is 0.287. The molecule has 11 heteroatoms. The third kappa shape index (κ3) is 5.75. The van der Waals surface area contributed by atoms with Crippen LogP contribution >= 0.6 is 0 Å². The van der Waals surface area contributed by atoms with Gasteiger partial charge in [-0.3, -0.25) is 19.7 Å². The zero-order valence-electron chi connectivity index (χ0n) is 18.9. The first kappa shape index (κ1) is 24.1. The minimum Gasteiger partial charge on any atom is -0.378 e. The van der Waals surface area contributed by atoms with Crippen LogP contribution in [0.25, 0.3) is 10.8 Å². The molecule has 35 heavy (non-hydrogen) atoms. The summed E-state index contributed by atoms with van der Waals surface area (Å²) in [7, 11) is -3.59. The van der Waals surface area contributed by atoms with Gasteiger partial charge in [0, 0.05) is 31.3 Å². The largest absolute Gasteiger partial charge is 0.378 e. The van der Waals surface area contributed by atoms with Crippen LogP contribution in [-0.2, 0) is 14.6 Å². The molecule has 1 aliphatic carbocycles. The van der Waals surface area contributed by atoms with Crippen LogP contribution in [0.5, 0.6) is 0 Å². The number of carbonyl (C=O) groups excluding carboxylic acids is 2. The zero-order chi connectivity index (χ0) is 25.2. The van der Waals surface area contributed by atoms with E-state index in [1.165, 1.54) is 12.1 Å². The number of benzene rings is 3. The molecule has 3 aromatic rings. The molecule has 2 amide bonds. The van der Waals surface area contributed by atoms with Crippen LogP contribution in [0, 0.1) is 16.0 Å². The highest BCUT2D eigenvalue weighted by Gasteiger charge is 2.30. The van der Waals surface area contributed by atoms with E-state index < -0.39 is 20.7 Å². The number of carbonyl (C=O) groups is 2. The highest BCUT2D eigenvalue weighted by atomic mass is 32.2. The topological polar surface area (TPSA) is 148 Å². The molecule has 182 valence electrons. The first-order valence-electron chi connectivity index (χ1n) is 11.0. The molecule has 3 N–H and O–H groups in total. The lowest BCUT2D eigenvalue weighted by Crippen LogP contribution is -2.30. The summed E-state index contributed by atoms with van der Waals surface area (Å²) in [5.41, 5.74) is 0.512. The summed E-state index contributed by atoms with van der Waals surface area (Å²) in [4.78, 5) is 35.8. The van der Waals surface area contributed by atoms with Crippen LogP contribution in [0.3, 0.4) is 0 Å². The average molecular weight is 497 g/mol. The predicted molar refractivity (Wildman–Crippen MR) is 132 cm³/mol. The fourth-order valence-electron chi connectivity index (χ4n) is 3.62. The Labute approximate surface area is 201 Å². The lowest BCUT2D eigenvalue weighted by Gasteiger charge is -2.14. The Hall–Kier alpha value is -3.99. The van der Waals surface area contributed by atoms with E-state index in [4.69, 9.17) is 0 Å². The molecule has 1 saturated carbocycles. The maximum atomic E-state index is 13.0. The Balaban J connectivity index is 1.45. The van der Waals surface area contributed by atoms with Crippen molar-refractivity contribution < 1.29 is 22.9 Å². The molecule has 1 aliphatic rings. The van der Waals surface area contributed by atoms with Gasteiger partial charge in [0.1, 0.15) is 5.69 Å². The van der Waals surface area contributed by atoms with E-state index >= 15 is 0 Å². The highest BCUT2D eigenvalue weighted by Crippen LogP contribution is 2.32. The summed E-state index contributed by atoms with van der Waals surface area (Å²) < 4.78 is 23.4. The standard InChI is InChI=1S/C24H24N4O6S/c1-35(33,34)18-8-9-20(22(14-18)28(31)32)25-10-11-26-24(30)19-12-16-4-2-3-5-17(16)13-21(19)27-23(29)15-6-7-15/h2-5,8-9,12-15,25H,6-7,10-11H2,1H3,(H,26,30)(H,27,29). The lowest BCUT2D eigenvalue weighted by atomic mass is 10.0. The number of nitrogens with zero attached hydrogens (tertiary/aromatic N) is 1. The molecule has 3 aromatic carbocycles. The molecular weight excluding hydrogens is 472 g/mol. The number of sulfone groups is 1. The minimum absolute atomic E-state index is 0.0218. The summed E-state index contributed by atoms with van der Waals surface area (Å²) in [6, 6.07) is 14.6. The number of hydrogen-bond acceptors (Lipinski definition) is 7. The van der Waals surface area contributed by atoms with Gasteiger partial charge in [-0.15, -0.1) is 0 Å². The van der Waals surface area contributed by atoms with Gasteiger partial charge in [-0.1, -0.05) is 24.3 Å². The van der Waals surface area contributed by atoms with Crippen molar-refractivity contribution in [1.29, 1.82) is 0 Å². The summed E-state index contributed by atoms with van der Waals surface area (Å²) in [5.74, 6) is -0.530. The van der Waals surface area contributed by atoms with Gasteiger partial charge in [0.2, 0.25) is 5.91 Å². The van der Waals surface area contributed by atoms with Gasteiger partial charge in [-0.2, -0.15) is 0 Å². The van der Waals surface area contributed by atoms with Gasteiger partial charge in [-0.25, -0.2) is 8.42 Å². The number of fused-ring (bicyclic) bond motifs is 1. The molecule has 0 heterocycles. The van der Waals surface area contributed by atoms with Crippen molar-refractivity contribution in [3.63, 3.8) is 0 Å². The molecule has 0 saturated heterocycles. The monoisotopic (exact) mass is 496 g/mol. The van der Waals surface area contributed by atoms with Crippen molar-refractivity contribution in [3.8, 4) is 0 Å². The molecule has 10 nitrogen and oxygen atoms in total. The van der Waals surface area contributed by atoms with Gasteiger partial charge in [0.05, 0.1) is 21.1 Å². The van der Waals surface area contributed by atoms with Crippen molar-refractivity contribution in [2.45, 2.75) is 17.7 Å². The van der Waals surface area contributed by atoms with Crippen molar-refractivity contribution in [2.24, 2.45) is 5.92 Å².